The van der Waals surface area contributed by atoms with Gasteiger partial charge in [0.05, 0.1) is 0 Å². The monoisotopic (exact) mass is 194 g/mol. The third kappa shape index (κ3) is 2.14. The predicted molar refractivity (Wildman–Crippen MR) is 58.9 cm³/mol. The van der Waals surface area contributed by atoms with Gasteiger partial charge in [0.25, 0.3) is 0 Å². The zero-order valence-electron chi connectivity index (χ0n) is 8.67. The van der Waals surface area contributed by atoms with Crippen molar-refractivity contribution in [3.8, 4) is 0 Å². The van der Waals surface area contributed by atoms with Crippen molar-refractivity contribution < 1.29 is 5.82 Å². The van der Waals surface area contributed by atoms with E-state index in [1.165, 1.54) is 31.2 Å². The highest BCUT2D eigenvalue weighted by atomic mass is 19.1. The second-order valence-corrected chi connectivity index (χ2v) is 4.51. The summed E-state index contributed by atoms with van der Waals surface area (Å²) < 4.78 is 12.7. The maximum Gasteiger partial charge on any atom is 0.123 e. The first-order valence-corrected chi connectivity index (χ1v) is 5.51. The van der Waals surface area contributed by atoms with Gasteiger partial charge in [-0.25, -0.2) is 4.39 Å². The zero-order chi connectivity index (χ0) is 9.97. The molecule has 1 heteroatoms. The summed E-state index contributed by atoms with van der Waals surface area (Å²) in [5.74, 6) is 1.43. The Morgan fingerprint density at radius 2 is 1.64 bits per heavy atom. The van der Waals surface area contributed by atoms with E-state index in [0.29, 0.717) is 5.92 Å². The van der Waals surface area contributed by atoms with Crippen molar-refractivity contribution in [2.24, 2.45) is 5.92 Å². The molecule has 1 aliphatic carbocycles. The van der Waals surface area contributed by atoms with Gasteiger partial charge in [-0.05, 0) is 42.4 Å². The Morgan fingerprint density at radius 3 is 2.21 bits per heavy atom. The molecule has 1 aromatic rings. The minimum absolute atomic E-state index is 0. The van der Waals surface area contributed by atoms with Crippen LogP contribution in [0.3, 0.4) is 0 Å². The molecule has 0 unspecified atom stereocenters. The highest BCUT2D eigenvalue weighted by molar-refractivity contribution is 5.20. The third-order valence-electron chi connectivity index (χ3n) is 3.36. The number of hydrogen-bond acceptors (Lipinski definition) is 0. The molecule has 0 spiro atoms. The summed E-state index contributed by atoms with van der Waals surface area (Å²) >= 11 is 0. The molecule has 0 aliphatic heterocycles. The second kappa shape index (κ2) is 4.12. The lowest BCUT2D eigenvalue weighted by molar-refractivity contribution is 0.348. The fourth-order valence-electron chi connectivity index (χ4n) is 2.33. The predicted octanol–water partition coefficient (Wildman–Crippen LogP) is 4.37. The van der Waals surface area contributed by atoms with Crippen LogP contribution < -0.4 is 0 Å². The van der Waals surface area contributed by atoms with E-state index in [1.54, 1.807) is 12.1 Å². The van der Waals surface area contributed by atoms with Crippen LogP contribution in [0.2, 0.25) is 0 Å². The number of halogens is 1. The van der Waals surface area contributed by atoms with Gasteiger partial charge in [-0.2, -0.15) is 0 Å². The van der Waals surface area contributed by atoms with E-state index in [9.17, 15) is 4.39 Å². The molecule has 0 nitrogen and oxygen atoms in total. The van der Waals surface area contributed by atoms with E-state index in [4.69, 9.17) is 0 Å². The van der Waals surface area contributed by atoms with Crippen molar-refractivity contribution in [2.45, 2.75) is 38.5 Å². The summed E-state index contributed by atoms with van der Waals surface area (Å²) in [4.78, 5) is 0. The van der Waals surface area contributed by atoms with E-state index < -0.39 is 0 Å². The van der Waals surface area contributed by atoms with E-state index in [-0.39, 0.29) is 7.24 Å². The Labute approximate surface area is 86.6 Å². The van der Waals surface area contributed by atoms with Crippen molar-refractivity contribution in [1.29, 1.82) is 0 Å². The lowest BCUT2D eigenvalue weighted by Crippen LogP contribution is -2.10. The Kier molecular flexibility index (Phi) is 2.85. The van der Waals surface area contributed by atoms with Crippen LogP contribution in [0.1, 0.15) is 45.5 Å². The molecule has 0 bridgehead atoms. The molecule has 0 amide bonds. The molecule has 0 N–H and O–H groups in total. The molecule has 0 radical (unpaired) electrons. The van der Waals surface area contributed by atoms with Crippen molar-refractivity contribution in [3.05, 3.63) is 35.6 Å². The summed E-state index contributed by atoms with van der Waals surface area (Å²) in [5, 5.41) is 0. The van der Waals surface area contributed by atoms with Crippen LogP contribution >= 0.6 is 0 Å². The van der Waals surface area contributed by atoms with Gasteiger partial charge in [0.2, 0.25) is 0 Å². The van der Waals surface area contributed by atoms with Gasteiger partial charge in [-0.3, -0.25) is 0 Å². The summed E-state index contributed by atoms with van der Waals surface area (Å²) in [6, 6.07) is 7.03. The Balaban J connectivity index is 0.00000112. The SMILES string of the molecule is CC1CCC(c2ccc(F)cc2)CC1.[HH]. The van der Waals surface area contributed by atoms with E-state index in [1.807, 2.05) is 12.1 Å². The fraction of sp³-hybridized carbons (Fsp3) is 0.538. The molecule has 1 aliphatic rings. The average molecular weight is 194 g/mol. The minimum Gasteiger partial charge on any atom is -0.207 e. The van der Waals surface area contributed by atoms with Crippen molar-refractivity contribution in [3.63, 3.8) is 0 Å². The van der Waals surface area contributed by atoms with Crippen molar-refractivity contribution in [1.82, 2.24) is 0 Å². The molecule has 0 aromatic heterocycles. The first kappa shape index (κ1) is 9.70. The lowest BCUT2D eigenvalue weighted by Gasteiger charge is -2.26. The zero-order valence-corrected chi connectivity index (χ0v) is 8.67. The van der Waals surface area contributed by atoms with E-state index >= 15 is 0 Å². The van der Waals surface area contributed by atoms with Crippen LogP contribution in [-0.2, 0) is 0 Å². The Morgan fingerprint density at radius 1 is 1.07 bits per heavy atom. The maximum absolute atomic E-state index is 12.7. The third-order valence-corrected chi connectivity index (χ3v) is 3.36. The van der Waals surface area contributed by atoms with Crippen molar-refractivity contribution in [2.75, 3.05) is 0 Å². The largest absolute Gasteiger partial charge is 0.207 e. The normalized spacial score (nSPS) is 27.6. The molecule has 1 fully saturated rings. The van der Waals surface area contributed by atoms with E-state index in [0.717, 1.165) is 5.92 Å². The summed E-state index contributed by atoms with van der Waals surface area (Å²) in [7, 11) is 0. The van der Waals surface area contributed by atoms with Gasteiger partial charge < -0.3 is 0 Å². The molecule has 0 saturated heterocycles. The Bertz CT molecular complexity index is 286. The summed E-state index contributed by atoms with van der Waals surface area (Å²) in [6.45, 7) is 2.32. The van der Waals surface area contributed by atoms with Crippen LogP contribution in [0.25, 0.3) is 0 Å². The summed E-state index contributed by atoms with van der Waals surface area (Å²) in [5.41, 5.74) is 1.32. The first-order chi connectivity index (χ1) is 6.75. The number of benzene rings is 1. The van der Waals surface area contributed by atoms with Gasteiger partial charge in [0, 0.05) is 1.43 Å². The second-order valence-electron chi connectivity index (χ2n) is 4.51. The van der Waals surface area contributed by atoms with Gasteiger partial charge >= 0.3 is 0 Å². The minimum atomic E-state index is -0.127. The maximum atomic E-state index is 12.7. The van der Waals surface area contributed by atoms with Gasteiger partial charge in [0.15, 0.2) is 0 Å². The molecule has 0 atom stereocenters. The topological polar surface area (TPSA) is 0 Å². The number of hydrogen-bond donors (Lipinski definition) is 0. The van der Waals surface area contributed by atoms with Gasteiger partial charge in [-0.15, -0.1) is 0 Å². The van der Waals surface area contributed by atoms with Crippen LogP contribution in [0.4, 0.5) is 4.39 Å². The molecular formula is C13H19F. The van der Waals surface area contributed by atoms with E-state index in [2.05, 4.69) is 6.92 Å². The fourth-order valence-corrected chi connectivity index (χ4v) is 2.33. The molecule has 14 heavy (non-hydrogen) atoms. The molecule has 0 heterocycles. The molecule has 1 saturated carbocycles. The van der Waals surface area contributed by atoms with Gasteiger partial charge in [-0.1, -0.05) is 31.9 Å². The quantitative estimate of drug-likeness (QED) is 0.623. The first-order valence-electron chi connectivity index (χ1n) is 5.51. The number of rotatable bonds is 1. The van der Waals surface area contributed by atoms with Gasteiger partial charge in [0.1, 0.15) is 5.82 Å². The average Bonchev–Trinajstić information content (AvgIpc) is 2.21. The smallest absolute Gasteiger partial charge is 0.123 e. The molecule has 1 aromatic carbocycles. The highest BCUT2D eigenvalue weighted by Crippen LogP contribution is 2.35. The molecular weight excluding hydrogens is 175 g/mol. The van der Waals surface area contributed by atoms with Crippen LogP contribution in [0.15, 0.2) is 24.3 Å². The Hall–Kier alpha value is -0.850. The summed E-state index contributed by atoms with van der Waals surface area (Å²) in [6.07, 6.45) is 5.18. The lowest BCUT2D eigenvalue weighted by atomic mass is 9.79. The highest BCUT2D eigenvalue weighted by Gasteiger charge is 2.19. The van der Waals surface area contributed by atoms with Crippen LogP contribution in [0, 0.1) is 11.7 Å². The molecule has 78 valence electrons. The van der Waals surface area contributed by atoms with Crippen molar-refractivity contribution >= 4 is 0 Å². The standard InChI is InChI=1S/C13H17F.H2/c1-10-2-4-11(5-3-10)12-6-8-13(14)9-7-12;/h6-11H,2-5H2,1H3;1H. The molecule has 2 rings (SSSR count). The van der Waals surface area contributed by atoms with Crippen LogP contribution in [-0.4, -0.2) is 0 Å². The van der Waals surface area contributed by atoms with Crippen LogP contribution in [0.5, 0.6) is 0 Å².